The minimum absolute atomic E-state index is 0.0166. The van der Waals surface area contributed by atoms with Gasteiger partial charge in [-0.1, -0.05) is 32.8 Å². The van der Waals surface area contributed by atoms with Crippen molar-refractivity contribution in [1.29, 1.82) is 0 Å². The fourth-order valence-corrected chi connectivity index (χ4v) is 2.88. The van der Waals surface area contributed by atoms with Crippen LogP contribution in [0.5, 0.6) is 0 Å². The molecule has 2 N–H and O–H groups in total. The van der Waals surface area contributed by atoms with Crippen molar-refractivity contribution in [2.24, 2.45) is 32.1 Å². The third-order valence-electron chi connectivity index (χ3n) is 3.30. The van der Waals surface area contributed by atoms with Gasteiger partial charge in [-0.2, -0.15) is 0 Å². The van der Waals surface area contributed by atoms with Crippen LogP contribution in [0, 0.1) is 10.8 Å². The van der Waals surface area contributed by atoms with E-state index in [2.05, 4.69) is 43.2 Å². The fraction of sp³-hybridized carbons (Fsp3) is 0.846. The molecule has 0 aromatic heterocycles. The summed E-state index contributed by atoms with van der Waals surface area (Å²) < 4.78 is 0.361. The summed E-state index contributed by atoms with van der Waals surface area (Å²) in [5.41, 5.74) is 5.21. The van der Waals surface area contributed by atoms with Gasteiger partial charge < -0.3 is 5.73 Å². The molecule has 6 heteroatoms. The molecule has 0 saturated carbocycles. The molecule has 0 bridgehead atoms. The van der Waals surface area contributed by atoms with Gasteiger partial charge in [0.05, 0.1) is 11.6 Å². The molecule has 6 nitrogen and oxygen atoms in total. The van der Waals surface area contributed by atoms with Crippen LogP contribution in [-0.4, -0.2) is 30.4 Å². The second kappa shape index (κ2) is 5.00. The molecule has 1 amide bonds. The van der Waals surface area contributed by atoms with E-state index >= 15 is 0 Å². The highest BCUT2D eigenvalue weighted by Crippen LogP contribution is 2.39. The molecule has 1 aliphatic rings. The van der Waals surface area contributed by atoms with Crippen LogP contribution in [0.4, 0.5) is 0 Å². The lowest BCUT2D eigenvalue weighted by atomic mass is 9.71. The van der Waals surface area contributed by atoms with Crippen LogP contribution >= 0.6 is 0 Å². The first-order valence-electron chi connectivity index (χ1n) is 6.56. The first-order valence-corrected chi connectivity index (χ1v) is 6.56. The van der Waals surface area contributed by atoms with E-state index in [0.29, 0.717) is 11.0 Å². The lowest BCUT2D eigenvalue weighted by Gasteiger charge is -2.34. The third-order valence-corrected chi connectivity index (χ3v) is 3.30. The lowest BCUT2D eigenvalue weighted by molar-refractivity contribution is -0.809. The van der Waals surface area contributed by atoms with Gasteiger partial charge in [0.1, 0.15) is 14.1 Å². The number of amidine groups is 1. The largest absolute Gasteiger partial charge is 0.370 e. The van der Waals surface area contributed by atoms with Crippen molar-refractivity contribution in [2.45, 2.75) is 47.0 Å². The quantitative estimate of drug-likeness (QED) is 0.738. The Labute approximate surface area is 115 Å². The maximum Gasteiger partial charge on any atom is 0.252 e. The van der Waals surface area contributed by atoms with Gasteiger partial charge in [-0.25, -0.2) is 0 Å². The summed E-state index contributed by atoms with van der Waals surface area (Å²) in [6.45, 7) is 8.50. The molecule has 0 aliphatic carbocycles. The molecular formula is C13H26N5O+. The van der Waals surface area contributed by atoms with Crippen LogP contribution < -0.4 is 5.73 Å². The summed E-state index contributed by atoms with van der Waals surface area (Å²) in [4.78, 5) is 11.1. The molecule has 0 spiro atoms. The predicted molar refractivity (Wildman–Crippen MR) is 75.0 cm³/mol. The predicted octanol–water partition coefficient (Wildman–Crippen LogP) is 2.47. The van der Waals surface area contributed by atoms with E-state index in [9.17, 15) is 4.79 Å². The Morgan fingerprint density at radius 1 is 1.21 bits per heavy atom. The summed E-state index contributed by atoms with van der Waals surface area (Å²) in [5.74, 6) is 0.694. The Hall–Kier alpha value is -1.30. The zero-order valence-corrected chi connectivity index (χ0v) is 12.9. The van der Waals surface area contributed by atoms with Gasteiger partial charge >= 0.3 is 0 Å². The van der Waals surface area contributed by atoms with E-state index in [0.717, 1.165) is 18.7 Å². The number of carbonyl (C=O) groups is 1. The van der Waals surface area contributed by atoms with Gasteiger partial charge in [0.15, 0.2) is 0 Å². The zero-order chi connectivity index (χ0) is 14.9. The highest BCUT2D eigenvalue weighted by atomic mass is 16.1. The molecule has 108 valence electrons. The summed E-state index contributed by atoms with van der Waals surface area (Å²) >= 11 is 0. The van der Waals surface area contributed by atoms with Gasteiger partial charge in [0.2, 0.25) is 5.91 Å². The second-order valence-electron chi connectivity index (χ2n) is 7.41. The number of primary amides is 1. The summed E-state index contributed by atoms with van der Waals surface area (Å²) in [6.07, 6.45) is 2.09. The number of amides is 1. The molecule has 0 radical (unpaired) electrons. The van der Waals surface area contributed by atoms with Gasteiger partial charge in [0.25, 0.3) is 5.84 Å². The number of quaternary nitrogens is 1. The molecule has 19 heavy (non-hydrogen) atoms. The average Bonchev–Trinajstić information content (AvgIpc) is 2.39. The van der Waals surface area contributed by atoms with Crippen molar-refractivity contribution in [1.82, 2.24) is 0 Å². The normalized spacial score (nSPS) is 18.5. The molecule has 1 aliphatic heterocycles. The van der Waals surface area contributed by atoms with E-state index in [-0.39, 0.29) is 16.7 Å². The standard InChI is InChI=1S/C13H25N5O/c1-12(2,7-10(14)19)9-13(3,4)8-11-15-16-17-18(11,5)6/h7-9H2,1-6H3,(H-,14,19)/p+1. The Bertz CT molecular complexity index is 421. The maximum atomic E-state index is 11.1. The van der Waals surface area contributed by atoms with Gasteiger partial charge in [-0.05, 0) is 17.3 Å². The number of rotatable bonds is 6. The lowest BCUT2D eigenvalue weighted by Crippen LogP contribution is -2.41. The molecule has 0 saturated heterocycles. The third kappa shape index (κ3) is 4.70. The Morgan fingerprint density at radius 3 is 2.21 bits per heavy atom. The molecule has 1 rings (SSSR count). The van der Waals surface area contributed by atoms with Crippen molar-refractivity contribution >= 4 is 11.7 Å². The molecule has 0 aromatic rings. The second-order valence-corrected chi connectivity index (χ2v) is 7.41. The van der Waals surface area contributed by atoms with Crippen molar-refractivity contribution in [2.75, 3.05) is 14.1 Å². The van der Waals surface area contributed by atoms with E-state index in [1.165, 1.54) is 0 Å². The minimum atomic E-state index is -0.250. The van der Waals surface area contributed by atoms with Crippen LogP contribution in [0.15, 0.2) is 15.5 Å². The molecular weight excluding hydrogens is 242 g/mol. The number of hydrogen-bond acceptors (Lipinski definition) is 4. The van der Waals surface area contributed by atoms with Crippen molar-refractivity contribution in [3.63, 3.8) is 0 Å². The molecule has 0 unspecified atom stereocenters. The Morgan fingerprint density at radius 2 is 1.79 bits per heavy atom. The minimum Gasteiger partial charge on any atom is -0.370 e. The molecule has 0 aromatic carbocycles. The summed E-state index contributed by atoms with van der Waals surface area (Å²) in [7, 11) is 3.92. The average molecular weight is 268 g/mol. The van der Waals surface area contributed by atoms with Crippen molar-refractivity contribution in [3.8, 4) is 0 Å². The first kappa shape index (κ1) is 15.8. The highest BCUT2D eigenvalue weighted by molar-refractivity contribution is 5.76. The van der Waals surface area contributed by atoms with E-state index in [4.69, 9.17) is 5.73 Å². The van der Waals surface area contributed by atoms with Crippen LogP contribution in [-0.2, 0) is 4.79 Å². The molecule has 0 fully saturated rings. The van der Waals surface area contributed by atoms with E-state index in [1.54, 1.807) is 0 Å². The smallest absolute Gasteiger partial charge is 0.252 e. The van der Waals surface area contributed by atoms with Crippen LogP contribution in [0.2, 0.25) is 0 Å². The number of nitrogens with two attached hydrogens (primary N) is 1. The fourth-order valence-electron chi connectivity index (χ4n) is 2.88. The van der Waals surface area contributed by atoms with Gasteiger partial charge in [-0.15, -0.1) is 4.59 Å². The van der Waals surface area contributed by atoms with Crippen molar-refractivity contribution in [3.05, 3.63) is 0 Å². The summed E-state index contributed by atoms with van der Waals surface area (Å²) in [5, 5.41) is 11.9. The maximum absolute atomic E-state index is 11.1. The SMILES string of the molecule is CC(C)(CC(N)=O)CC(C)(C)CC1=NN=N[N+]1(C)C. The topological polar surface area (TPSA) is 80.2 Å². The molecule has 0 atom stereocenters. The zero-order valence-electron chi connectivity index (χ0n) is 12.9. The number of hydrogen-bond donors (Lipinski definition) is 1. The van der Waals surface area contributed by atoms with Crippen LogP contribution in [0.1, 0.15) is 47.0 Å². The van der Waals surface area contributed by atoms with Gasteiger partial charge in [0, 0.05) is 11.6 Å². The Balaban J connectivity index is 2.70. The van der Waals surface area contributed by atoms with Gasteiger partial charge in [-0.3, -0.25) is 4.79 Å². The number of carbonyl (C=O) groups excluding carboxylic acids is 1. The van der Waals surface area contributed by atoms with Crippen molar-refractivity contribution < 1.29 is 9.39 Å². The van der Waals surface area contributed by atoms with Crippen LogP contribution in [0.3, 0.4) is 0 Å². The Kier molecular flexibility index (Phi) is 4.14. The molecule has 1 heterocycles. The monoisotopic (exact) mass is 268 g/mol. The van der Waals surface area contributed by atoms with E-state index in [1.807, 2.05) is 14.1 Å². The first-order chi connectivity index (χ1) is 8.44. The van der Waals surface area contributed by atoms with E-state index < -0.39 is 0 Å². The summed E-state index contributed by atoms with van der Waals surface area (Å²) in [6, 6.07) is 0. The number of nitrogens with zero attached hydrogens (tertiary/aromatic N) is 4. The highest BCUT2D eigenvalue weighted by Gasteiger charge is 2.38. The van der Waals surface area contributed by atoms with Crippen LogP contribution in [0.25, 0.3) is 0 Å².